The quantitative estimate of drug-likeness (QED) is 0.187. The fraction of sp³-hybridized carbons (Fsp3) is 0.0606. The van der Waals surface area contributed by atoms with Crippen LogP contribution in [0.15, 0.2) is 97.1 Å². The normalized spacial score (nSPS) is 14.4. The van der Waals surface area contributed by atoms with Crippen molar-refractivity contribution in [2.45, 2.75) is 12.1 Å². The van der Waals surface area contributed by atoms with Gasteiger partial charge in [-0.15, -0.1) is 0 Å². The van der Waals surface area contributed by atoms with E-state index in [-0.39, 0.29) is 11.5 Å². The van der Waals surface area contributed by atoms with Crippen molar-refractivity contribution in [3.8, 4) is 23.0 Å². The van der Waals surface area contributed by atoms with Crippen LogP contribution in [-0.4, -0.2) is 21.2 Å². The van der Waals surface area contributed by atoms with Crippen molar-refractivity contribution in [1.29, 1.82) is 0 Å². The fourth-order valence-electron chi connectivity index (χ4n) is 6.17. The van der Waals surface area contributed by atoms with Crippen molar-refractivity contribution in [2.75, 3.05) is 5.32 Å². The van der Waals surface area contributed by atoms with Crippen LogP contribution in [-0.2, 0) is 16.9 Å². The van der Waals surface area contributed by atoms with Crippen molar-refractivity contribution < 1.29 is 24.5 Å². The number of hydrogen-bond acceptors (Lipinski definition) is 6. The molecule has 8 rings (SSSR count). The number of phenols is 2. The van der Waals surface area contributed by atoms with Crippen LogP contribution < -0.4 is 10.1 Å². The molecule has 0 fully saturated rings. The number of anilines is 1. The lowest BCUT2D eigenvalue weighted by molar-refractivity contribution is 0.0224. The monoisotopic (exact) mass is 526 g/mol. The molecule has 0 saturated carbocycles. The highest BCUT2D eigenvalue weighted by Crippen LogP contribution is 2.57. The largest absolute Gasteiger partial charge is 0.508 e. The summed E-state index contributed by atoms with van der Waals surface area (Å²) in [6.07, 6.45) is 0. The summed E-state index contributed by atoms with van der Waals surface area (Å²) in [7, 11) is 0. The van der Waals surface area contributed by atoms with Crippen molar-refractivity contribution in [2.24, 2.45) is 0 Å². The summed E-state index contributed by atoms with van der Waals surface area (Å²) in [6, 6.07) is 29.5. The van der Waals surface area contributed by atoms with E-state index >= 15 is 0 Å². The van der Waals surface area contributed by atoms with Crippen molar-refractivity contribution >= 4 is 33.5 Å². The number of H-pyrrole nitrogens is 1. The first kappa shape index (κ1) is 22.5. The molecule has 0 saturated heterocycles. The third-order valence-electron chi connectivity index (χ3n) is 7.90. The number of ether oxygens (including phenoxy) is 2. The number of benzene rings is 5. The van der Waals surface area contributed by atoms with Gasteiger partial charge in [-0.2, -0.15) is 0 Å². The SMILES string of the molecule is O=C1OC2(c3ccc(O)cc3Oc3cc(O)ccc32)c2cccc(CNc3cccc4c3[nH]c3ccccc34)c21. The zero-order valence-electron chi connectivity index (χ0n) is 21.1. The van der Waals surface area contributed by atoms with Gasteiger partial charge in [-0.05, 0) is 42.0 Å². The van der Waals surface area contributed by atoms with E-state index in [0.29, 0.717) is 40.3 Å². The van der Waals surface area contributed by atoms with Crippen molar-refractivity contribution in [3.05, 3.63) is 125 Å². The Morgan fingerprint density at radius 1 is 0.750 bits per heavy atom. The summed E-state index contributed by atoms with van der Waals surface area (Å²) < 4.78 is 12.3. The summed E-state index contributed by atoms with van der Waals surface area (Å²) in [6.45, 7) is 0.393. The molecule has 0 atom stereocenters. The van der Waals surface area contributed by atoms with Gasteiger partial charge in [0.1, 0.15) is 23.0 Å². The molecular formula is C33H22N2O5. The number of carbonyl (C=O) groups excluding carboxylic acids is 1. The van der Waals surface area contributed by atoms with Crippen LogP contribution in [0.2, 0.25) is 0 Å². The highest BCUT2D eigenvalue weighted by Gasteiger charge is 2.54. The minimum absolute atomic E-state index is 0.0196. The molecule has 1 spiro atoms. The molecule has 194 valence electrons. The third-order valence-corrected chi connectivity index (χ3v) is 7.90. The van der Waals surface area contributed by atoms with Crippen LogP contribution in [0.5, 0.6) is 23.0 Å². The highest BCUT2D eigenvalue weighted by molar-refractivity contribution is 6.11. The number of esters is 1. The average molecular weight is 527 g/mol. The number of aromatic nitrogens is 1. The summed E-state index contributed by atoms with van der Waals surface area (Å²) in [5.74, 6) is 0.300. The number of fused-ring (bicyclic) bond motifs is 9. The second-order valence-corrected chi connectivity index (χ2v) is 10.1. The Hall–Kier alpha value is -5.43. The molecule has 0 radical (unpaired) electrons. The zero-order chi connectivity index (χ0) is 27.0. The van der Waals surface area contributed by atoms with E-state index in [1.165, 1.54) is 12.1 Å². The molecule has 0 bridgehead atoms. The van der Waals surface area contributed by atoms with Crippen LogP contribution in [0.1, 0.15) is 32.6 Å². The maximum absolute atomic E-state index is 13.7. The Morgan fingerprint density at radius 3 is 2.23 bits per heavy atom. The maximum Gasteiger partial charge on any atom is 0.340 e. The number of nitrogens with one attached hydrogen (secondary N) is 2. The molecule has 0 aliphatic carbocycles. The van der Waals surface area contributed by atoms with Crippen molar-refractivity contribution in [3.63, 3.8) is 0 Å². The van der Waals surface area contributed by atoms with Gasteiger partial charge in [0.05, 0.1) is 16.8 Å². The van der Waals surface area contributed by atoms with E-state index in [0.717, 1.165) is 33.1 Å². The molecule has 7 heteroatoms. The minimum Gasteiger partial charge on any atom is -0.508 e. The van der Waals surface area contributed by atoms with Crippen LogP contribution in [0, 0.1) is 0 Å². The van der Waals surface area contributed by atoms with E-state index in [1.54, 1.807) is 24.3 Å². The number of aromatic hydroxyl groups is 2. The topological polar surface area (TPSA) is 104 Å². The van der Waals surface area contributed by atoms with Crippen LogP contribution >= 0.6 is 0 Å². The summed E-state index contributed by atoms with van der Waals surface area (Å²) in [5.41, 5.74) is 4.87. The van der Waals surface area contributed by atoms with E-state index in [2.05, 4.69) is 28.5 Å². The Kier molecular flexibility index (Phi) is 4.53. The molecule has 1 aromatic heterocycles. The third kappa shape index (κ3) is 3.03. The number of hydrogen-bond donors (Lipinski definition) is 4. The molecule has 2 aliphatic heterocycles. The number of aromatic amines is 1. The lowest BCUT2D eigenvalue weighted by Gasteiger charge is -2.36. The van der Waals surface area contributed by atoms with Gasteiger partial charge in [0.15, 0.2) is 5.60 Å². The van der Waals surface area contributed by atoms with E-state index in [1.807, 2.05) is 42.5 Å². The highest BCUT2D eigenvalue weighted by atomic mass is 16.6. The summed E-state index contributed by atoms with van der Waals surface area (Å²) in [5, 5.41) is 26.1. The first-order valence-corrected chi connectivity index (χ1v) is 13.0. The van der Waals surface area contributed by atoms with Crippen LogP contribution in [0.4, 0.5) is 5.69 Å². The minimum atomic E-state index is -1.29. The average Bonchev–Trinajstić information content (AvgIpc) is 3.48. The zero-order valence-corrected chi connectivity index (χ0v) is 21.1. The van der Waals surface area contributed by atoms with Gasteiger partial charge in [-0.25, -0.2) is 4.79 Å². The molecule has 2 aliphatic rings. The molecule has 7 nitrogen and oxygen atoms in total. The lowest BCUT2D eigenvalue weighted by atomic mass is 9.77. The van der Waals surface area contributed by atoms with E-state index in [4.69, 9.17) is 9.47 Å². The first-order chi connectivity index (χ1) is 19.5. The Bertz CT molecular complexity index is 1970. The van der Waals surface area contributed by atoms with Gasteiger partial charge in [-0.3, -0.25) is 0 Å². The molecule has 0 amide bonds. The molecule has 40 heavy (non-hydrogen) atoms. The number of phenolic OH excluding ortho intramolecular Hbond substituents is 2. The number of carbonyl (C=O) groups is 1. The fourth-order valence-corrected chi connectivity index (χ4v) is 6.17. The van der Waals surface area contributed by atoms with Crippen molar-refractivity contribution in [1.82, 2.24) is 4.98 Å². The van der Waals surface area contributed by atoms with Gasteiger partial charge in [0.25, 0.3) is 0 Å². The molecule has 0 unspecified atom stereocenters. The second kappa shape index (κ2) is 8.04. The smallest absolute Gasteiger partial charge is 0.340 e. The van der Waals surface area contributed by atoms with Crippen LogP contribution in [0.3, 0.4) is 0 Å². The lowest BCUT2D eigenvalue weighted by Crippen LogP contribution is -2.32. The molecule has 3 heterocycles. The van der Waals surface area contributed by atoms with Gasteiger partial charge >= 0.3 is 5.97 Å². The molecular weight excluding hydrogens is 504 g/mol. The summed E-state index contributed by atoms with van der Waals surface area (Å²) in [4.78, 5) is 17.2. The first-order valence-electron chi connectivity index (χ1n) is 13.0. The second-order valence-electron chi connectivity index (χ2n) is 10.1. The Labute approximate surface area is 228 Å². The van der Waals surface area contributed by atoms with Gasteiger partial charge in [0.2, 0.25) is 0 Å². The van der Waals surface area contributed by atoms with Gasteiger partial charge in [-0.1, -0.05) is 48.5 Å². The van der Waals surface area contributed by atoms with E-state index < -0.39 is 11.6 Å². The summed E-state index contributed by atoms with van der Waals surface area (Å²) >= 11 is 0. The Balaban J connectivity index is 1.26. The van der Waals surface area contributed by atoms with Gasteiger partial charge in [0, 0.05) is 51.7 Å². The predicted octanol–water partition coefficient (Wildman–Crippen LogP) is 6.91. The number of para-hydroxylation sites is 2. The Morgan fingerprint density at radius 2 is 1.45 bits per heavy atom. The number of rotatable bonds is 3. The molecule has 4 N–H and O–H groups in total. The van der Waals surface area contributed by atoms with E-state index in [9.17, 15) is 15.0 Å². The van der Waals surface area contributed by atoms with Gasteiger partial charge < -0.3 is 30.0 Å². The maximum atomic E-state index is 13.7. The molecule has 5 aromatic carbocycles. The standard InChI is InChI=1S/C33H22N2O5/c36-19-11-13-23-28(15-19)39-29-16-20(37)12-14-24(29)33(23)25-8-3-5-18(30(25)32(38)40-33)17-34-27-10-4-7-22-21-6-1-2-9-26(21)35-31(22)27/h1-16,34-37H,17H2. The predicted molar refractivity (Wildman–Crippen MR) is 151 cm³/mol. The van der Waals surface area contributed by atoms with Crippen LogP contribution in [0.25, 0.3) is 21.8 Å². The molecule has 6 aromatic rings.